The fourth-order valence-electron chi connectivity index (χ4n) is 2.41. The van der Waals surface area contributed by atoms with Crippen molar-refractivity contribution in [2.75, 3.05) is 0 Å². The van der Waals surface area contributed by atoms with Crippen molar-refractivity contribution in [3.05, 3.63) is 98.9 Å². The maximum Gasteiger partial charge on any atom is 0.276 e. The Morgan fingerprint density at radius 2 is 1.81 bits per heavy atom. The summed E-state index contributed by atoms with van der Waals surface area (Å²) in [6.45, 7) is 0.327. The Kier molecular flexibility index (Phi) is 5.68. The van der Waals surface area contributed by atoms with Gasteiger partial charge in [0.1, 0.15) is 11.3 Å². The van der Waals surface area contributed by atoms with Crippen LogP contribution in [-0.2, 0) is 6.54 Å². The number of aromatic nitrogens is 1. The monoisotopic (exact) mass is 381 g/mol. The minimum absolute atomic E-state index is 0.00526. The fraction of sp³-hybridized carbons (Fsp3) is 0.0500. The molecule has 1 heterocycles. The molecule has 136 valence electrons. The predicted molar refractivity (Wildman–Crippen MR) is 104 cm³/mol. The summed E-state index contributed by atoms with van der Waals surface area (Å²) in [7, 11) is 0. The van der Waals surface area contributed by atoms with Gasteiger partial charge in [-0.05, 0) is 59.7 Å². The number of phenols is 1. The number of benzene rings is 2. The number of halogens is 1. The number of hydrogen-bond acceptors (Lipinski definition) is 4. The van der Waals surface area contributed by atoms with Crippen molar-refractivity contribution >= 4 is 23.7 Å². The van der Waals surface area contributed by atoms with Gasteiger partial charge in [0.05, 0.1) is 12.8 Å². The van der Waals surface area contributed by atoms with E-state index in [1.54, 1.807) is 36.5 Å². The summed E-state index contributed by atoms with van der Waals surface area (Å²) in [5.41, 5.74) is 3.51. The summed E-state index contributed by atoms with van der Waals surface area (Å²) in [5, 5.41) is 13.7. The van der Waals surface area contributed by atoms with Gasteiger partial charge in [0.15, 0.2) is 0 Å². The van der Waals surface area contributed by atoms with Crippen LogP contribution in [0.25, 0.3) is 0 Å². The Hall–Kier alpha value is -3.38. The van der Waals surface area contributed by atoms with E-state index in [4.69, 9.17) is 11.6 Å². The molecular weight excluding hydrogens is 366 g/mol. The molecule has 0 saturated carbocycles. The van der Waals surface area contributed by atoms with Crippen LogP contribution >= 0.6 is 11.6 Å². The molecule has 27 heavy (non-hydrogen) atoms. The quantitative estimate of drug-likeness (QED) is 0.526. The maximum absolute atomic E-state index is 12.5. The molecule has 0 fully saturated rings. The Morgan fingerprint density at radius 3 is 2.52 bits per heavy atom. The summed E-state index contributed by atoms with van der Waals surface area (Å²) in [6.07, 6.45) is 3.04. The molecule has 0 aliphatic heterocycles. The second kappa shape index (κ2) is 8.33. The van der Waals surface area contributed by atoms with Crippen LogP contribution in [0.4, 0.5) is 0 Å². The zero-order valence-electron chi connectivity index (χ0n) is 14.2. The number of hydrogen-bond donors (Lipinski definition) is 2. The maximum atomic E-state index is 12.5. The zero-order chi connectivity index (χ0) is 19.2. The van der Waals surface area contributed by atoms with Crippen molar-refractivity contribution in [1.82, 2.24) is 9.99 Å². The number of nitrogens with one attached hydrogen (secondary N) is 1. The lowest BCUT2D eigenvalue weighted by Gasteiger charge is -2.08. The summed E-state index contributed by atoms with van der Waals surface area (Å²) in [5.74, 6) is -0.456. The second-order valence-corrected chi connectivity index (χ2v) is 6.21. The Bertz CT molecular complexity index is 1030. The molecule has 0 bridgehead atoms. The predicted octanol–water partition coefficient (Wildman–Crippen LogP) is 3.02. The number of rotatable bonds is 5. The normalized spacial score (nSPS) is 10.9. The van der Waals surface area contributed by atoms with Gasteiger partial charge < -0.3 is 9.67 Å². The number of amides is 1. The highest BCUT2D eigenvalue weighted by atomic mass is 35.5. The van der Waals surface area contributed by atoms with Crippen LogP contribution in [0.5, 0.6) is 5.75 Å². The van der Waals surface area contributed by atoms with E-state index in [0.717, 1.165) is 5.56 Å². The Balaban J connectivity index is 1.72. The molecule has 0 saturated heterocycles. The van der Waals surface area contributed by atoms with E-state index in [1.807, 2.05) is 12.1 Å². The molecule has 0 radical (unpaired) electrons. The van der Waals surface area contributed by atoms with Crippen LogP contribution in [0.1, 0.15) is 21.5 Å². The van der Waals surface area contributed by atoms with Gasteiger partial charge >= 0.3 is 0 Å². The van der Waals surface area contributed by atoms with E-state index < -0.39 is 11.5 Å². The first-order valence-corrected chi connectivity index (χ1v) is 8.47. The number of carbonyl (C=O) groups excluding carboxylic acids is 1. The number of hydrazone groups is 1. The van der Waals surface area contributed by atoms with E-state index in [2.05, 4.69) is 10.5 Å². The number of phenolic OH excluding ortho intramolecular Hbond substituents is 1. The highest BCUT2D eigenvalue weighted by Gasteiger charge is 2.11. The van der Waals surface area contributed by atoms with Gasteiger partial charge in [-0.15, -0.1) is 0 Å². The van der Waals surface area contributed by atoms with Crippen molar-refractivity contribution in [1.29, 1.82) is 0 Å². The lowest BCUT2D eigenvalue weighted by molar-refractivity contribution is 0.0953. The van der Waals surface area contributed by atoms with Crippen LogP contribution in [-0.4, -0.2) is 21.8 Å². The minimum Gasteiger partial charge on any atom is -0.508 e. The van der Waals surface area contributed by atoms with Crippen molar-refractivity contribution in [2.24, 2.45) is 5.10 Å². The van der Waals surface area contributed by atoms with Crippen molar-refractivity contribution < 1.29 is 9.90 Å². The van der Waals surface area contributed by atoms with Gasteiger partial charge in [-0.2, -0.15) is 5.10 Å². The molecule has 0 atom stereocenters. The molecule has 2 aromatic carbocycles. The summed E-state index contributed by atoms with van der Waals surface area (Å²) in [6, 6.07) is 16.5. The summed E-state index contributed by atoms with van der Waals surface area (Å²) < 4.78 is 1.45. The first kappa shape index (κ1) is 18.4. The van der Waals surface area contributed by atoms with Gasteiger partial charge in [0.2, 0.25) is 0 Å². The van der Waals surface area contributed by atoms with Crippen molar-refractivity contribution in [2.45, 2.75) is 6.54 Å². The molecule has 3 aromatic rings. The lowest BCUT2D eigenvalue weighted by Crippen LogP contribution is -2.30. The van der Waals surface area contributed by atoms with Gasteiger partial charge in [-0.1, -0.05) is 23.7 Å². The van der Waals surface area contributed by atoms with Crippen LogP contribution < -0.4 is 11.0 Å². The highest BCUT2D eigenvalue weighted by Crippen LogP contribution is 2.10. The molecule has 0 aliphatic carbocycles. The third kappa shape index (κ3) is 4.83. The number of carbonyl (C=O) groups is 1. The number of nitrogens with zero attached hydrogens (tertiary/aromatic N) is 2. The van der Waals surface area contributed by atoms with Crippen LogP contribution in [0.2, 0.25) is 5.02 Å². The molecule has 6 nitrogen and oxygen atoms in total. The third-order valence-corrected chi connectivity index (χ3v) is 4.06. The van der Waals surface area contributed by atoms with Gasteiger partial charge in [-0.3, -0.25) is 9.59 Å². The van der Waals surface area contributed by atoms with E-state index in [9.17, 15) is 14.7 Å². The largest absolute Gasteiger partial charge is 0.508 e. The molecule has 3 rings (SSSR count). The molecule has 0 unspecified atom stereocenters. The fourth-order valence-corrected chi connectivity index (χ4v) is 2.53. The van der Waals surface area contributed by atoms with Crippen LogP contribution in [0.3, 0.4) is 0 Å². The third-order valence-electron chi connectivity index (χ3n) is 3.80. The molecule has 0 aliphatic rings. The van der Waals surface area contributed by atoms with Gasteiger partial charge in [0, 0.05) is 11.2 Å². The van der Waals surface area contributed by atoms with Gasteiger partial charge in [0.25, 0.3) is 11.5 Å². The molecule has 2 N–H and O–H groups in total. The molecule has 1 amide bonds. The van der Waals surface area contributed by atoms with Gasteiger partial charge in [-0.25, -0.2) is 5.43 Å². The Labute approximate surface area is 160 Å². The zero-order valence-corrected chi connectivity index (χ0v) is 14.9. The average molecular weight is 382 g/mol. The standard InChI is InChI=1S/C20H16ClN3O3/c21-16-7-3-15(4-8-16)13-24-11-1-2-18(20(24)27)19(26)23-22-12-14-5-9-17(25)10-6-14/h1-12,25H,13H2,(H,23,26)/b22-12-. The summed E-state index contributed by atoms with van der Waals surface area (Å²) in [4.78, 5) is 24.8. The average Bonchev–Trinajstić information content (AvgIpc) is 2.66. The van der Waals surface area contributed by atoms with E-state index in [1.165, 1.54) is 29.0 Å². The lowest BCUT2D eigenvalue weighted by atomic mass is 10.2. The number of aromatic hydroxyl groups is 1. The second-order valence-electron chi connectivity index (χ2n) is 5.77. The highest BCUT2D eigenvalue weighted by molar-refractivity contribution is 6.30. The molecule has 0 spiro atoms. The topological polar surface area (TPSA) is 83.7 Å². The SMILES string of the molecule is O=C(N/N=C\c1ccc(O)cc1)c1cccn(Cc2ccc(Cl)cc2)c1=O. The van der Waals surface area contributed by atoms with Crippen LogP contribution in [0, 0.1) is 0 Å². The molecular formula is C20H16ClN3O3. The first-order valence-electron chi connectivity index (χ1n) is 8.09. The molecule has 7 heteroatoms. The smallest absolute Gasteiger partial charge is 0.276 e. The number of pyridine rings is 1. The van der Waals surface area contributed by atoms with E-state index in [0.29, 0.717) is 17.1 Å². The van der Waals surface area contributed by atoms with Crippen LogP contribution in [0.15, 0.2) is 76.8 Å². The van der Waals surface area contributed by atoms with E-state index >= 15 is 0 Å². The first-order chi connectivity index (χ1) is 13.0. The van der Waals surface area contributed by atoms with E-state index in [-0.39, 0.29) is 11.3 Å². The van der Waals surface area contributed by atoms with Crippen molar-refractivity contribution in [3.63, 3.8) is 0 Å². The summed E-state index contributed by atoms with van der Waals surface area (Å²) >= 11 is 5.87. The molecule has 1 aromatic heterocycles. The minimum atomic E-state index is -0.597. The Morgan fingerprint density at radius 1 is 1.11 bits per heavy atom. The van der Waals surface area contributed by atoms with Crippen molar-refractivity contribution in [3.8, 4) is 5.75 Å².